The summed E-state index contributed by atoms with van der Waals surface area (Å²) in [5, 5.41) is 11.5. The first-order chi connectivity index (χ1) is 13.6. The maximum absolute atomic E-state index is 13.8. The molecule has 2 N–H and O–H groups in total. The van der Waals surface area contributed by atoms with Crippen LogP contribution in [0.15, 0.2) is 48.5 Å². The molecule has 0 radical (unpaired) electrons. The molecule has 4 rings (SSSR count). The summed E-state index contributed by atoms with van der Waals surface area (Å²) in [4.78, 5) is 1.40. The largest absolute Gasteiger partial charge is 0.493 e. The molecule has 0 aromatic heterocycles. The van der Waals surface area contributed by atoms with Crippen molar-refractivity contribution in [3.63, 3.8) is 0 Å². The summed E-state index contributed by atoms with van der Waals surface area (Å²) in [6.07, 6.45) is 5.00. The fraction of sp³-hybridized carbons (Fsp3) is 0.500. The molecule has 4 atom stereocenters. The van der Waals surface area contributed by atoms with E-state index in [1.807, 2.05) is 25.1 Å². The highest BCUT2D eigenvalue weighted by Gasteiger charge is 2.52. The molecule has 0 amide bonds. The molecule has 2 aromatic carbocycles. The number of likely N-dealkylation sites (tertiary alicyclic amines) is 1. The lowest BCUT2D eigenvalue weighted by Crippen LogP contribution is -3.13. The zero-order valence-electron chi connectivity index (χ0n) is 16.7. The van der Waals surface area contributed by atoms with Gasteiger partial charge in [0.25, 0.3) is 0 Å². The number of halogens is 1. The number of nitrogens with one attached hydrogen (secondary N) is 1. The molecule has 2 aliphatic rings. The molecule has 150 valence electrons. The molecule has 28 heavy (non-hydrogen) atoms. The fourth-order valence-corrected chi connectivity index (χ4v) is 5.42. The van der Waals surface area contributed by atoms with Crippen molar-refractivity contribution in [3.05, 3.63) is 65.5 Å². The third kappa shape index (κ3) is 3.81. The second kappa shape index (κ2) is 8.22. The highest BCUT2D eigenvalue weighted by Crippen LogP contribution is 2.45. The fourth-order valence-electron chi connectivity index (χ4n) is 5.42. The van der Waals surface area contributed by atoms with Gasteiger partial charge in [-0.15, -0.1) is 0 Å². The molecular weight excluding hydrogens is 353 g/mol. The van der Waals surface area contributed by atoms with E-state index < -0.39 is 5.60 Å². The number of quaternary nitrogens is 1. The summed E-state index contributed by atoms with van der Waals surface area (Å²) in [5.74, 6) is 0.941. The van der Waals surface area contributed by atoms with Gasteiger partial charge in [-0.3, -0.25) is 0 Å². The lowest BCUT2D eigenvalue weighted by molar-refractivity contribution is -0.958. The number of hydrogen-bond acceptors (Lipinski definition) is 2. The Morgan fingerprint density at radius 2 is 2.00 bits per heavy atom. The zero-order valence-corrected chi connectivity index (χ0v) is 16.7. The number of aliphatic hydroxyl groups is 1. The van der Waals surface area contributed by atoms with Crippen molar-refractivity contribution in [1.82, 2.24) is 0 Å². The zero-order chi connectivity index (χ0) is 19.6. The van der Waals surface area contributed by atoms with Crippen LogP contribution in [0.3, 0.4) is 0 Å². The van der Waals surface area contributed by atoms with Crippen molar-refractivity contribution in [2.24, 2.45) is 5.92 Å². The van der Waals surface area contributed by atoms with E-state index in [9.17, 15) is 9.50 Å². The summed E-state index contributed by atoms with van der Waals surface area (Å²) in [7, 11) is 0. The van der Waals surface area contributed by atoms with Gasteiger partial charge < -0.3 is 14.7 Å². The van der Waals surface area contributed by atoms with Crippen LogP contribution in [0.2, 0.25) is 0 Å². The third-order valence-electron chi connectivity index (χ3n) is 6.66. The molecule has 1 saturated carbocycles. The van der Waals surface area contributed by atoms with Crippen LogP contribution in [0.1, 0.15) is 56.2 Å². The first kappa shape index (κ1) is 19.4. The molecule has 0 spiro atoms. The monoisotopic (exact) mass is 384 g/mol. The molecular formula is C24H31FNO2+. The van der Waals surface area contributed by atoms with E-state index in [0.717, 1.165) is 56.5 Å². The molecule has 3 nitrogen and oxygen atoms in total. The topological polar surface area (TPSA) is 33.9 Å². The van der Waals surface area contributed by atoms with Gasteiger partial charge in [0.05, 0.1) is 24.3 Å². The molecule has 0 bridgehead atoms. The van der Waals surface area contributed by atoms with Crippen molar-refractivity contribution < 1.29 is 19.1 Å². The van der Waals surface area contributed by atoms with Crippen molar-refractivity contribution in [2.75, 3.05) is 13.2 Å². The van der Waals surface area contributed by atoms with Crippen LogP contribution in [-0.2, 0) is 6.54 Å². The molecule has 1 aliphatic carbocycles. The number of hydrogen-bond donors (Lipinski definition) is 2. The Labute approximate surface area is 167 Å². The van der Waals surface area contributed by atoms with Crippen LogP contribution in [0.4, 0.5) is 4.39 Å². The van der Waals surface area contributed by atoms with Gasteiger partial charge >= 0.3 is 0 Å². The quantitative estimate of drug-likeness (QED) is 0.825. The predicted octanol–water partition coefficient (Wildman–Crippen LogP) is 3.68. The number of fused-ring (bicyclic) bond motifs is 1. The Bertz CT molecular complexity index is 811. The van der Waals surface area contributed by atoms with Gasteiger partial charge in [0.1, 0.15) is 24.2 Å². The average Bonchev–Trinajstić information content (AvgIpc) is 2.69. The van der Waals surface area contributed by atoms with Gasteiger partial charge in [-0.2, -0.15) is 0 Å². The third-order valence-corrected chi connectivity index (χ3v) is 6.66. The number of benzene rings is 2. The van der Waals surface area contributed by atoms with E-state index in [1.165, 1.54) is 16.5 Å². The number of rotatable bonds is 5. The van der Waals surface area contributed by atoms with Gasteiger partial charge in [0.2, 0.25) is 0 Å². The Balaban J connectivity index is 1.72. The molecule has 1 saturated heterocycles. The number of piperidine rings is 1. The van der Waals surface area contributed by atoms with Gasteiger partial charge in [-0.05, 0) is 44.0 Å². The lowest BCUT2D eigenvalue weighted by atomic mass is 9.66. The summed E-state index contributed by atoms with van der Waals surface area (Å²) in [6.45, 7) is 4.27. The van der Waals surface area contributed by atoms with E-state index >= 15 is 0 Å². The van der Waals surface area contributed by atoms with Crippen molar-refractivity contribution in [2.45, 2.75) is 57.2 Å². The lowest BCUT2D eigenvalue weighted by Gasteiger charge is -2.50. The van der Waals surface area contributed by atoms with Crippen LogP contribution >= 0.6 is 0 Å². The SMILES string of the molecule is CCOc1ccccc1[C@H]1[C@H]2CCCC[C@@]2(O)CC[NH+]1Cc1cccc(F)c1. The molecule has 1 aliphatic heterocycles. The first-order valence-corrected chi connectivity index (χ1v) is 10.6. The maximum atomic E-state index is 13.8. The average molecular weight is 385 g/mol. The van der Waals surface area contributed by atoms with Crippen LogP contribution in [-0.4, -0.2) is 23.9 Å². The minimum absolute atomic E-state index is 0.157. The standard InChI is InChI=1S/C24H30FNO2/c1-2-28-22-12-4-3-10-20(22)23-21-11-5-6-13-24(21,27)14-15-26(23)17-18-8-7-9-19(25)16-18/h3-4,7-10,12,16,21,23,27H,2,5-6,11,13-15,17H2,1H3/p+1/t21-,23+,24-/m1/s1. The minimum atomic E-state index is -0.590. The van der Waals surface area contributed by atoms with E-state index in [-0.39, 0.29) is 17.8 Å². The molecule has 1 heterocycles. The van der Waals surface area contributed by atoms with Gasteiger partial charge in [0.15, 0.2) is 0 Å². The van der Waals surface area contributed by atoms with Crippen molar-refractivity contribution in [1.29, 1.82) is 0 Å². The van der Waals surface area contributed by atoms with Gasteiger partial charge in [-0.25, -0.2) is 4.39 Å². The number of para-hydroxylation sites is 1. The van der Waals surface area contributed by atoms with Gasteiger partial charge in [0, 0.05) is 17.9 Å². The maximum Gasteiger partial charge on any atom is 0.128 e. The number of ether oxygens (including phenoxy) is 1. The molecule has 4 heteroatoms. The smallest absolute Gasteiger partial charge is 0.128 e. The van der Waals surface area contributed by atoms with Crippen LogP contribution < -0.4 is 9.64 Å². The van der Waals surface area contributed by atoms with E-state index in [4.69, 9.17) is 4.74 Å². The van der Waals surface area contributed by atoms with Crippen LogP contribution in [0.25, 0.3) is 0 Å². The second-order valence-electron chi connectivity index (χ2n) is 8.37. The summed E-state index contributed by atoms with van der Waals surface area (Å²) in [5.41, 5.74) is 1.60. The summed E-state index contributed by atoms with van der Waals surface area (Å²) in [6, 6.07) is 15.3. The summed E-state index contributed by atoms with van der Waals surface area (Å²) < 4.78 is 19.7. The predicted molar refractivity (Wildman–Crippen MR) is 108 cm³/mol. The van der Waals surface area contributed by atoms with E-state index in [0.29, 0.717) is 6.61 Å². The molecule has 1 unspecified atom stereocenters. The summed E-state index contributed by atoms with van der Waals surface area (Å²) >= 11 is 0. The Kier molecular flexibility index (Phi) is 5.70. The Morgan fingerprint density at radius 1 is 1.14 bits per heavy atom. The van der Waals surface area contributed by atoms with E-state index in [1.54, 1.807) is 12.1 Å². The highest BCUT2D eigenvalue weighted by atomic mass is 19.1. The van der Waals surface area contributed by atoms with Crippen LogP contribution in [0.5, 0.6) is 5.75 Å². The second-order valence-corrected chi connectivity index (χ2v) is 8.37. The highest BCUT2D eigenvalue weighted by molar-refractivity contribution is 5.36. The minimum Gasteiger partial charge on any atom is -0.493 e. The van der Waals surface area contributed by atoms with E-state index in [2.05, 4.69) is 12.1 Å². The normalized spacial score (nSPS) is 29.9. The molecule has 2 aromatic rings. The molecule has 2 fully saturated rings. The van der Waals surface area contributed by atoms with Crippen molar-refractivity contribution in [3.8, 4) is 5.75 Å². The van der Waals surface area contributed by atoms with Gasteiger partial charge in [-0.1, -0.05) is 37.1 Å². The Hall–Kier alpha value is -1.91. The first-order valence-electron chi connectivity index (χ1n) is 10.6. The Morgan fingerprint density at radius 3 is 2.82 bits per heavy atom. The van der Waals surface area contributed by atoms with Crippen LogP contribution in [0, 0.1) is 11.7 Å². The van der Waals surface area contributed by atoms with Crippen molar-refractivity contribution >= 4 is 0 Å².